The van der Waals surface area contributed by atoms with Crippen LogP contribution in [0.4, 0.5) is 0 Å². The van der Waals surface area contributed by atoms with Crippen LogP contribution >= 0.6 is 0 Å². The minimum Gasteiger partial charge on any atom is -0.457 e. The molecule has 6 heteroatoms. The van der Waals surface area contributed by atoms with E-state index in [4.69, 9.17) is 4.74 Å². The Hall–Kier alpha value is -3.59. The zero-order valence-electron chi connectivity index (χ0n) is 17.3. The molecule has 0 radical (unpaired) electrons. The Morgan fingerprint density at radius 3 is 2.73 bits per heavy atom. The summed E-state index contributed by atoms with van der Waals surface area (Å²) in [6, 6.07) is 19.5. The van der Waals surface area contributed by atoms with Gasteiger partial charge in [-0.25, -0.2) is 0 Å². The fourth-order valence-corrected chi connectivity index (χ4v) is 3.02. The van der Waals surface area contributed by atoms with E-state index in [0.29, 0.717) is 13.1 Å². The number of ether oxygens (including phenoxy) is 1. The highest BCUT2D eigenvalue weighted by molar-refractivity contribution is 5.68. The van der Waals surface area contributed by atoms with Crippen LogP contribution in [0.1, 0.15) is 31.9 Å². The molecule has 0 bridgehead atoms. The molecule has 0 spiro atoms. The lowest BCUT2D eigenvalue weighted by molar-refractivity contribution is 0.427. The average molecular weight is 402 g/mol. The van der Waals surface area contributed by atoms with E-state index in [2.05, 4.69) is 28.3 Å². The van der Waals surface area contributed by atoms with Gasteiger partial charge in [-0.2, -0.15) is 10.4 Å². The zero-order valence-corrected chi connectivity index (χ0v) is 17.3. The maximum absolute atomic E-state index is 9.19. The molecule has 0 aliphatic carbocycles. The van der Waals surface area contributed by atoms with Gasteiger partial charge in [-0.1, -0.05) is 50.1 Å². The second-order valence-corrected chi connectivity index (χ2v) is 6.97. The van der Waals surface area contributed by atoms with Gasteiger partial charge in [0.25, 0.3) is 0 Å². The molecule has 1 heterocycles. The van der Waals surface area contributed by atoms with Crippen LogP contribution in [0.25, 0.3) is 11.3 Å². The first kappa shape index (κ1) is 21.1. The van der Waals surface area contributed by atoms with Gasteiger partial charge in [0.15, 0.2) is 6.19 Å². The van der Waals surface area contributed by atoms with Gasteiger partial charge >= 0.3 is 0 Å². The molecule has 0 unspecified atom stereocenters. The first-order valence-corrected chi connectivity index (χ1v) is 10.3. The number of rotatable bonds is 11. The van der Waals surface area contributed by atoms with E-state index in [9.17, 15) is 5.26 Å². The minimum absolute atomic E-state index is 0.489. The van der Waals surface area contributed by atoms with Gasteiger partial charge in [-0.05, 0) is 36.8 Å². The fraction of sp³-hybridized carbons (Fsp3) is 0.292. The lowest BCUT2D eigenvalue weighted by Gasteiger charge is -2.11. The number of benzene rings is 2. The molecular formula is C24H27N5O. The minimum atomic E-state index is 0.489. The van der Waals surface area contributed by atoms with Crippen molar-refractivity contribution in [3.05, 3.63) is 66.4 Å². The quantitative estimate of drug-likeness (QED) is 0.202. The number of H-pyrrole nitrogens is 1. The standard InChI is InChI=1S/C24H27N5O/c1-2-3-9-15-29(19-25)16-14-26-18-20-17-23(28-27-20)22-12-7-8-13-24(22)30-21-10-5-4-6-11-21/h4-8,10-14,17H,2-3,9,15-16,18H2,1H3,(H,27,28). The Morgan fingerprint density at radius 2 is 1.93 bits per heavy atom. The molecule has 0 aliphatic rings. The van der Waals surface area contributed by atoms with Crippen LogP contribution in [-0.2, 0) is 6.54 Å². The van der Waals surface area contributed by atoms with E-state index in [1.807, 2.05) is 60.7 Å². The van der Waals surface area contributed by atoms with E-state index in [1.165, 1.54) is 0 Å². The molecular weight excluding hydrogens is 374 g/mol. The summed E-state index contributed by atoms with van der Waals surface area (Å²) in [5.41, 5.74) is 2.63. The van der Waals surface area contributed by atoms with E-state index in [0.717, 1.165) is 54.3 Å². The predicted molar refractivity (Wildman–Crippen MR) is 119 cm³/mol. The van der Waals surface area contributed by atoms with Crippen LogP contribution in [0.2, 0.25) is 0 Å². The summed E-state index contributed by atoms with van der Waals surface area (Å²) in [6.07, 6.45) is 7.34. The highest BCUT2D eigenvalue weighted by atomic mass is 16.5. The number of nitriles is 1. The second-order valence-electron chi connectivity index (χ2n) is 6.97. The Balaban J connectivity index is 1.60. The van der Waals surface area contributed by atoms with E-state index < -0.39 is 0 Å². The molecule has 0 fully saturated rings. The average Bonchev–Trinajstić information content (AvgIpc) is 3.25. The first-order chi connectivity index (χ1) is 14.8. The summed E-state index contributed by atoms with van der Waals surface area (Å²) in [4.78, 5) is 6.17. The van der Waals surface area contributed by atoms with Gasteiger partial charge < -0.3 is 9.64 Å². The molecule has 3 rings (SSSR count). The summed E-state index contributed by atoms with van der Waals surface area (Å²) in [7, 11) is 0. The van der Waals surface area contributed by atoms with Crippen molar-refractivity contribution in [2.45, 2.75) is 32.7 Å². The number of hydrogen-bond donors (Lipinski definition) is 1. The van der Waals surface area contributed by atoms with Gasteiger partial charge in [0.05, 0.1) is 24.5 Å². The van der Waals surface area contributed by atoms with Gasteiger partial charge in [-0.15, -0.1) is 0 Å². The lowest BCUT2D eigenvalue weighted by Crippen LogP contribution is -2.21. The summed E-state index contributed by atoms with van der Waals surface area (Å²) in [5.74, 6) is 1.54. The Labute approximate surface area is 177 Å². The van der Waals surface area contributed by atoms with Crippen LogP contribution in [-0.4, -0.2) is 34.4 Å². The third-order valence-electron chi connectivity index (χ3n) is 4.63. The van der Waals surface area contributed by atoms with Crippen molar-refractivity contribution in [2.75, 3.05) is 13.1 Å². The number of aromatic nitrogens is 2. The first-order valence-electron chi connectivity index (χ1n) is 10.3. The molecule has 2 aromatic carbocycles. The summed E-state index contributed by atoms with van der Waals surface area (Å²) < 4.78 is 6.03. The fourth-order valence-electron chi connectivity index (χ4n) is 3.02. The summed E-state index contributed by atoms with van der Waals surface area (Å²) >= 11 is 0. The number of nitrogens with one attached hydrogen (secondary N) is 1. The van der Waals surface area contributed by atoms with Crippen LogP contribution in [0.5, 0.6) is 11.5 Å². The highest BCUT2D eigenvalue weighted by Crippen LogP contribution is 2.32. The normalized spacial score (nSPS) is 10.8. The number of aromatic amines is 1. The van der Waals surface area contributed by atoms with Crippen LogP contribution in [0, 0.1) is 11.5 Å². The Morgan fingerprint density at radius 1 is 1.13 bits per heavy atom. The number of aliphatic imine (C=N–C) groups is 1. The number of para-hydroxylation sites is 2. The smallest absolute Gasteiger partial charge is 0.179 e. The Kier molecular flexibility index (Phi) is 8.04. The maximum atomic E-state index is 9.19. The van der Waals surface area contributed by atoms with Gasteiger partial charge in [-0.3, -0.25) is 10.1 Å². The van der Waals surface area contributed by atoms with Gasteiger partial charge in [0.1, 0.15) is 11.5 Å². The molecule has 0 amide bonds. The van der Waals surface area contributed by atoms with Crippen molar-refractivity contribution in [1.29, 1.82) is 5.26 Å². The van der Waals surface area contributed by atoms with E-state index in [1.54, 1.807) is 11.1 Å². The monoisotopic (exact) mass is 401 g/mol. The molecule has 3 aromatic rings. The molecule has 30 heavy (non-hydrogen) atoms. The molecule has 0 aliphatic heterocycles. The van der Waals surface area contributed by atoms with Gasteiger partial charge in [0, 0.05) is 18.3 Å². The van der Waals surface area contributed by atoms with Crippen molar-refractivity contribution in [3.63, 3.8) is 0 Å². The van der Waals surface area contributed by atoms with Crippen molar-refractivity contribution in [2.24, 2.45) is 4.99 Å². The van der Waals surface area contributed by atoms with Crippen molar-refractivity contribution in [1.82, 2.24) is 15.1 Å². The second kappa shape index (κ2) is 11.4. The molecule has 0 saturated carbocycles. The SMILES string of the molecule is CCCCCN(C#N)CC=NCc1cc(-c2ccccc2Oc2ccccc2)n[nH]1. The van der Waals surface area contributed by atoms with E-state index in [-0.39, 0.29) is 0 Å². The third kappa shape index (κ3) is 6.21. The number of unbranched alkanes of at least 4 members (excludes halogenated alkanes) is 2. The summed E-state index contributed by atoms with van der Waals surface area (Å²) in [6.45, 7) is 3.96. The topological polar surface area (TPSA) is 77.3 Å². The van der Waals surface area contributed by atoms with E-state index >= 15 is 0 Å². The predicted octanol–water partition coefficient (Wildman–Crippen LogP) is 5.41. The third-order valence-corrected chi connectivity index (χ3v) is 4.63. The molecule has 154 valence electrons. The molecule has 1 aromatic heterocycles. The summed E-state index contributed by atoms with van der Waals surface area (Å²) in [5, 5.41) is 16.7. The van der Waals surface area contributed by atoms with Crippen molar-refractivity contribution >= 4 is 6.21 Å². The van der Waals surface area contributed by atoms with Crippen LogP contribution in [0.3, 0.4) is 0 Å². The highest BCUT2D eigenvalue weighted by Gasteiger charge is 2.10. The number of nitrogens with zero attached hydrogens (tertiary/aromatic N) is 4. The van der Waals surface area contributed by atoms with Crippen molar-refractivity contribution < 1.29 is 4.74 Å². The van der Waals surface area contributed by atoms with Crippen molar-refractivity contribution in [3.8, 4) is 28.9 Å². The molecule has 0 saturated heterocycles. The largest absolute Gasteiger partial charge is 0.457 e. The molecule has 1 N–H and O–H groups in total. The lowest BCUT2D eigenvalue weighted by atomic mass is 10.1. The van der Waals surface area contributed by atoms with Crippen LogP contribution in [0.15, 0.2) is 65.7 Å². The maximum Gasteiger partial charge on any atom is 0.179 e. The molecule has 6 nitrogen and oxygen atoms in total. The van der Waals surface area contributed by atoms with Crippen LogP contribution < -0.4 is 4.74 Å². The zero-order chi connectivity index (χ0) is 21.0. The molecule has 0 atom stereocenters. The van der Waals surface area contributed by atoms with Gasteiger partial charge in [0.2, 0.25) is 0 Å². The number of hydrogen-bond acceptors (Lipinski definition) is 5. The Bertz CT molecular complexity index is 975.